The lowest BCUT2D eigenvalue weighted by molar-refractivity contribution is 0.414. The Morgan fingerprint density at radius 1 is 0.825 bits per heavy atom. The Bertz CT molecular complexity index is 2100. The zero-order valence-corrected chi connectivity index (χ0v) is 21.4. The van der Waals surface area contributed by atoms with Crippen LogP contribution in [0, 0.1) is 0 Å². The number of hydrogen-bond acceptors (Lipinski definition) is 6. The van der Waals surface area contributed by atoms with Crippen LogP contribution in [0.3, 0.4) is 0 Å². The molecule has 1 aliphatic heterocycles. The highest BCUT2D eigenvalue weighted by atomic mass is 16.5. The molecule has 7 aromatic rings. The fourth-order valence-corrected chi connectivity index (χ4v) is 5.74. The molecule has 0 amide bonds. The van der Waals surface area contributed by atoms with Gasteiger partial charge < -0.3 is 14.6 Å². The van der Waals surface area contributed by atoms with Gasteiger partial charge in [0, 0.05) is 22.3 Å². The van der Waals surface area contributed by atoms with Crippen molar-refractivity contribution in [3.63, 3.8) is 0 Å². The largest absolute Gasteiger partial charge is 0.507 e. The van der Waals surface area contributed by atoms with E-state index >= 15 is 0 Å². The van der Waals surface area contributed by atoms with Gasteiger partial charge in [-0.15, -0.1) is 5.10 Å². The Labute approximate surface area is 228 Å². The molecule has 2 aromatic heterocycles. The Balaban J connectivity index is 1.38. The smallest absolute Gasteiger partial charge is 0.228 e. The molecule has 1 atom stereocenters. The van der Waals surface area contributed by atoms with E-state index in [0.717, 1.165) is 49.7 Å². The molecule has 0 saturated heterocycles. The minimum atomic E-state index is -0.215. The minimum absolute atomic E-state index is 0.149. The first-order valence-electron chi connectivity index (χ1n) is 13.0. The summed E-state index contributed by atoms with van der Waals surface area (Å²) in [7, 11) is 1.66. The van der Waals surface area contributed by atoms with E-state index in [1.807, 2.05) is 60.7 Å². The number of methoxy groups -OCH3 is 1. The van der Waals surface area contributed by atoms with Crippen molar-refractivity contribution in [3.8, 4) is 34.5 Å². The fourth-order valence-electron chi connectivity index (χ4n) is 5.74. The Morgan fingerprint density at radius 2 is 1.55 bits per heavy atom. The summed E-state index contributed by atoms with van der Waals surface area (Å²) in [5.74, 6) is 2.40. The van der Waals surface area contributed by atoms with Crippen LogP contribution in [0.2, 0.25) is 0 Å². The first-order valence-corrected chi connectivity index (χ1v) is 13.0. The number of rotatable bonds is 3. The number of fused-ring (bicyclic) bond motifs is 7. The molecular formula is C33H22N4O3. The highest BCUT2D eigenvalue weighted by molar-refractivity contribution is 5.94. The lowest BCUT2D eigenvalue weighted by atomic mass is 9.83. The highest BCUT2D eigenvalue weighted by Crippen LogP contribution is 2.50. The lowest BCUT2D eigenvalue weighted by Gasteiger charge is -2.28. The van der Waals surface area contributed by atoms with Crippen LogP contribution in [0.5, 0.6) is 23.1 Å². The molecule has 1 N–H and O–H groups in total. The van der Waals surface area contributed by atoms with Crippen LogP contribution in [-0.4, -0.2) is 31.8 Å². The number of ether oxygens (including phenoxy) is 2. The second kappa shape index (κ2) is 8.54. The van der Waals surface area contributed by atoms with Gasteiger partial charge in [-0.05, 0) is 34.5 Å². The monoisotopic (exact) mass is 522 g/mol. The van der Waals surface area contributed by atoms with Crippen LogP contribution in [0.25, 0.3) is 38.6 Å². The second-order valence-corrected chi connectivity index (χ2v) is 9.86. The van der Waals surface area contributed by atoms with Crippen molar-refractivity contribution < 1.29 is 14.6 Å². The van der Waals surface area contributed by atoms with Crippen molar-refractivity contribution in [3.05, 3.63) is 120 Å². The number of phenolic OH excluding ortho intramolecular Hbond substituents is 1. The molecule has 0 fully saturated rings. The maximum Gasteiger partial charge on any atom is 0.228 e. The molecule has 1 aliphatic rings. The molecule has 40 heavy (non-hydrogen) atoms. The average Bonchev–Trinajstić information content (AvgIpc) is 3.45. The molecular weight excluding hydrogens is 500 g/mol. The summed E-state index contributed by atoms with van der Waals surface area (Å²) in [5.41, 5.74) is 4.06. The van der Waals surface area contributed by atoms with E-state index in [2.05, 4.69) is 36.4 Å². The van der Waals surface area contributed by atoms with Gasteiger partial charge in [-0.1, -0.05) is 78.9 Å². The highest BCUT2D eigenvalue weighted by Gasteiger charge is 2.34. The van der Waals surface area contributed by atoms with Crippen LogP contribution in [-0.2, 0) is 0 Å². The Hall–Kier alpha value is -5.43. The van der Waals surface area contributed by atoms with Gasteiger partial charge >= 0.3 is 0 Å². The standard InChI is InChI=1S/C33H22N4O3/c1-39-22-14-10-21(11-15-22)27-25-16-12-20-7-3-5-9-24(20)30(25)40-33-28(27)32-35-31(36-37(32)18-34-33)26-17-13-19-6-2-4-8-23(19)29(26)38/h2-18,27,38H,1H3/t27-/m0/s1. The lowest BCUT2D eigenvalue weighted by Crippen LogP contribution is -2.15. The first kappa shape index (κ1) is 22.5. The average molecular weight is 523 g/mol. The summed E-state index contributed by atoms with van der Waals surface area (Å²) < 4.78 is 13.6. The number of hydrogen-bond donors (Lipinski definition) is 1. The van der Waals surface area contributed by atoms with E-state index < -0.39 is 0 Å². The summed E-state index contributed by atoms with van der Waals surface area (Å²) in [6, 6.07) is 32.0. The molecule has 5 aromatic carbocycles. The van der Waals surface area contributed by atoms with Crippen molar-refractivity contribution >= 4 is 27.2 Å². The number of benzene rings is 5. The third-order valence-electron chi connectivity index (χ3n) is 7.69. The van der Waals surface area contributed by atoms with Crippen molar-refractivity contribution in [1.29, 1.82) is 0 Å². The van der Waals surface area contributed by atoms with Gasteiger partial charge in [0.1, 0.15) is 23.6 Å². The Kier molecular flexibility index (Phi) is 4.81. The third kappa shape index (κ3) is 3.27. The quantitative estimate of drug-likeness (QED) is 0.267. The van der Waals surface area contributed by atoms with Crippen LogP contribution in [0.1, 0.15) is 22.6 Å². The van der Waals surface area contributed by atoms with Crippen molar-refractivity contribution in [1.82, 2.24) is 19.6 Å². The van der Waals surface area contributed by atoms with Gasteiger partial charge in [-0.25, -0.2) is 14.5 Å². The molecule has 0 bridgehead atoms. The minimum Gasteiger partial charge on any atom is -0.507 e. The van der Waals surface area contributed by atoms with Gasteiger partial charge in [-0.2, -0.15) is 0 Å². The van der Waals surface area contributed by atoms with E-state index in [4.69, 9.17) is 24.5 Å². The molecule has 192 valence electrons. The summed E-state index contributed by atoms with van der Waals surface area (Å²) in [6.45, 7) is 0. The number of phenols is 1. The molecule has 0 spiro atoms. The maximum atomic E-state index is 11.1. The second-order valence-electron chi connectivity index (χ2n) is 9.86. The summed E-state index contributed by atoms with van der Waals surface area (Å²) in [4.78, 5) is 9.65. The summed E-state index contributed by atoms with van der Waals surface area (Å²) >= 11 is 0. The van der Waals surface area contributed by atoms with Crippen molar-refractivity contribution in [2.24, 2.45) is 0 Å². The first-order chi connectivity index (χ1) is 19.7. The van der Waals surface area contributed by atoms with Crippen molar-refractivity contribution in [2.45, 2.75) is 5.92 Å². The molecule has 0 radical (unpaired) electrons. The van der Waals surface area contributed by atoms with E-state index in [1.165, 1.54) is 0 Å². The normalized spacial score (nSPS) is 14.2. The van der Waals surface area contributed by atoms with E-state index in [0.29, 0.717) is 22.9 Å². The summed E-state index contributed by atoms with van der Waals surface area (Å²) in [6.07, 6.45) is 1.62. The van der Waals surface area contributed by atoms with Gasteiger partial charge in [0.2, 0.25) is 5.88 Å². The van der Waals surface area contributed by atoms with Crippen LogP contribution in [0.15, 0.2) is 103 Å². The molecule has 7 heteroatoms. The SMILES string of the molecule is COc1ccc([C@H]2c3ccc4ccccc4c3Oc3ncn4nc(-c5ccc6ccccc6c5O)nc4c32)cc1. The molecule has 0 aliphatic carbocycles. The van der Waals surface area contributed by atoms with Gasteiger partial charge in [0.05, 0.1) is 18.2 Å². The number of nitrogens with zero attached hydrogens (tertiary/aromatic N) is 4. The zero-order chi connectivity index (χ0) is 26.8. The van der Waals surface area contributed by atoms with Crippen LogP contribution >= 0.6 is 0 Å². The predicted molar refractivity (Wildman–Crippen MR) is 153 cm³/mol. The fraction of sp³-hybridized carbons (Fsp3) is 0.0606. The third-order valence-corrected chi connectivity index (χ3v) is 7.69. The molecule has 7 nitrogen and oxygen atoms in total. The number of aromatic hydroxyl groups is 1. The molecule has 0 saturated carbocycles. The number of aromatic nitrogens is 4. The van der Waals surface area contributed by atoms with E-state index in [9.17, 15) is 5.11 Å². The molecule has 0 unspecified atom stereocenters. The van der Waals surface area contributed by atoms with Crippen molar-refractivity contribution in [2.75, 3.05) is 7.11 Å². The van der Waals surface area contributed by atoms with E-state index in [-0.39, 0.29) is 11.7 Å². The van der Waals surface area contributed by atoms with Crippen LogP contribution in [0.4, 0.5) is 0 Å². The Morgan fingerprint density at radius 3 is 2.35 bits per heavy atom. The maximum absolute atomic E-state index is 11.1. The topological polar surface area (TPSA) is 81.8 Å². The molecule has 8 rings (SSSR count). The predicted octanol–water partition coefficient (Wildman–Crippen LogP) is 7.10. The van der Waals surface area contributed by atoms with Gasteiger partial charge in [0.25, 0.3) is 0 Å². The van der Waals surface area contributed by atoms with Crippen LogP contribution < -0.4 is 9.47 Å². The van der Waals surface area contributed by atoms with Gasteiger partial charge in [-0.3, -0.25) is 0 Å². The van der Waals surface area contributed by atoms with E-state index in [1.54, 1.807) is 18.0 Å². The van der Waals surface area contributed by atoms with Gasteiger partial charge in [0.15, 0.2) is 11.5 Å². The molecule has 3 heterocycles. The summed E-state index contributed by atoms with van der Waals surface area (Å²) in [5, 5.41) is 19.7. The zero-order valence-electron chi connectivity index (χ0n) is 21.4.